The van der Waals surface area contributed by atoms with E-state index >= 15 is 8.78 Å². The molecule has 0 saturated carbocycles. The predicted octanol–water partition coefficient (Wildman–Crippen LogP) is 7.98. The Morgan fingerprint density at radius 2 is 1.33 bits per heavy atom. The molecule has 4 aromatic rings. The maximum Gasteiger partial charge on any atom is 0.223 e. The summed E-state index contributed by atoms with van der Waals surface area (Å²) in [6, 6.07) is 9.39. The average molecular weight is 629 g/mol. The molecular weight excluding hydrogens is 586 g/mol. The third-order valence-electron chi connectivity index (χ3n) is 9.12. The maximum absolute atomic E-state index is 15.5. The van der Waals surface area contributed by atoms with Crippen molar-refractivity contribution in [3.63, 3.8) is 0 Å². The Morgan fingerprint density at radius 1 is 0.804 bits per heavy atom. The van der Waals surface area contributed by atoms with Gasteiger partial charge in [0.2, 0.25) is 11.8 Å². The molecule has 10 heteroatoms. The predicted molar refractivity (Wildman–Crippen MR) is 173 cm³/mol. The Labute approximate surface area is 268 Å². The van der Waals surface area contributed by atoms with Crippen molar-refractivity contribution in [2.24, 2.45) is 5.92 Å². The molecule has 2 saturated heterocycles. The molecule has 4 heterocycles. The number of nitrogens with one attached hydrogen (secondary N) is 2. The van der Waals surface area contributed by atoms with Gasteiger partial charge in [-0.25, -0.2) is 18.7 Å². The third-order valence-corrected chi connectivity index (χ3v) is 9.12. The van der Waals surface area contributed by atoms with Crippen LogP contribution in [0.25, 0.3) is 33.6 Å². The van der Waals surface area contributed by atoms with Gasteiger partial charge in [-0.1, -0.05) is 32.9 Å². The van der Waals surface area contributed by atoms with Crippen molar-refractivity contribution in [2.45, 2.75) is 84.2 Å². The van der Waals surface area contributed by atoms with E-state index in [1.807, 2.05) is 30.6 Å². The first-order chi connectivity index (χ1) is 22.2. The molecule has 2 aliphatic heterocycles. The highest BCUT2D eigenvalue weighted by Crippen LogP contribution is 2.35. The number of aromatic nitrogens is 4. The van der Waals surface area contributed by atoms with Gasteiger partial charge in [0.25, 0.3) is 0 Å². The molecule has 6 rings (SSSR count). The van der Waals surface area contributed by atoms with E-state index < -0.39 is 11.6 Å². The number of imidazole rings is 2. The molecule has 2 amide bonds. The first kappa shape index (κ1) is 31.6. The van der Waals surface area contributed by atoms with Gasteiger partial charge in [0.15, 0.2) is 0 Å². The van der Waals surface area contributed by atoms with Gasteiger partial charge in [-0.2, -0.15) is 0 Å². The number of hydrogen-bond donors (Lipinski definition) is 2. The molecule has 0 radical (unpaired) electrons. The summed E-state index contributed by atoms with van der Waals surface area (Å²) >= 11 is 0. The number of rotatable bonds is 9. The summed E-state index contributed by atoms with van der Waals surface area (Å²) in [6.45, 7) is 7.47. The van der Waals surface area contributed by atoms with Crippen LogP contribution < -0.4 is 0 Å². The second-order valence-electron chi connectivity index (χ2n) is 12.9. The molecule has 0 aliphatic carbocycles. The molecular formula is C36H42F2N6O2. The SMILES string of the molecule is CCCC(=O)N1CCC[C@H]1c1ncc(-c2ccc(-c3ccc(-c4cnc([C@@H]5CCCCN5C(=O)CC(C)C)[nH]4)c(F)c3)cc2F)[nH]1. The topological polar surface area (TPSA) is 98.0 Å². The summed E-state index contributed by atoms with van der Waals surface area (Å²) in [6.07, 6.45) is 9.53. The van der Waals surface area contributed by atoms with E-state index in [9.17, 15) is 9.59 Å². The molecule has 0 spiro atoms. The van der Waals surface area contributed by atoms with Crippen molar-refractivity contribution in [3.05, 3.63) is 72.1 Å². The summed E-state index contributed by atoms with van der Waals surface area (Å²) in [4.78, 5) is 44.8. The zero-order chi connectivity index (χ0) is 32.4. The van der Waals surface area contributed by atoms with E-state index in [2.05, 4.69) is 19.9 Å². The van der Waals surface area contributed by atoms with Crippen molar-refractivity contribution < 1.29 is 18.4 Å². The van der Waals surface area contributed by atoms with Crippen molar-refractivity contribution in [1.82, 2.24) is 29.7 Å². The summed E-state index contributed by atoms with van der Waals surface area (Å²) in [7, 11) is 0. The lowest BCUT2D eigenvalue weighted by molar-refractivity contribution is -0.136. The van der Waals surface area contributed by atoms with Gasteiger partial charge in [-0.15, -0.1) is 0 Å². The van der Waals surface area contributed by atoms with Crippen LogP contribution in [-0.4, -0.2) is 54.6 Å². The van der Waals surface area contributed by atoms with Gasteiger partial charge in [0, 0.05) is 37.1 Å². The van der Waals surface area contributed by atoms with E-state index in [4.69, 9.17) is 0 Å². The smallest absolute Gasteiger partial charge is 0.223 e. The van der Waals surface area contributed by atoms with E-state index in [-0.39, 0.29) is 29.8 Å². The minimum atomic E-state index is -0.454. The van der Waals surface area contributed by atoms with E-state index in [1.54, 1.807) is 36.7 Å². The number of carbonyl (C=O) groups excluding carboxylic acids is 2. The summed E-state index contributed by atoms with van der Waals surface area (Å²) in [5, 5.41) is 0. The number of hydrogen-bond acceptors (Lipinski definition) is 4. The second kappa shape index (κ2) is 13.6. The van der Waals surface area contributed by atoms with E-state index in [1.165, 1.54) is 12.1 Å². The Balaban J connectivity index is 1.18. The zero-order valence-electron chi connectivity index (χ0n) is 26.8. The quantitative estimate of drug-likeness (QED) is 0.196. The maximum atomic E-state index is 15.5. The van der Waals surface area contributed by atoms with Crippen LogP contribution >= 0.6 is 0 Å². The number of amides is 2. The van der Waals surface area contributed by atoms with Gasteiger partial charge in [-0.3, -0.25) is 9.59 Å². The number of H-pyrrole nitrogens is 2. The second-order valence-corrected chi connectivity index (χ2v) is 12.9. The van der Waals surface area contributed by atoms with Crippen molar-refractivity contribution in [3.8, 4) is 33.6 Å². The lowest BCUT2D eigenvalue weighted by Crippen LogP contribution is -2.39. The fraction of sp³-hybridized carbons (Fsp3) is 0.444. The summed E-state index contributed by atoms with van der Waals surface area (Å²) in [5.41, 5.74) is 2.88. The zero-order valence-corrected chi connectivity index (χ0v) is 26.8. The van der Waals surface area contributed by atoms with Gasteiger partial charge >= 0.3 is 0 Å². The first-order valence-electron chi connectivity index (χ1n) is 16.5. The van der Waals surface area contributed by atoms with E-state index in [0.717, 1.165) is 38.5 Å². The summed E-state index contributed by atoms with van der Waals surface area (Å²) in [5.74, 6) is 0.943. The fourth-order valence-corrected chi connectivity index (χ4v) is 6.80. The average Bonchev–Trinajstić information content (AvgIpc) is 3.82. The Kier molecular flexibility index (Phi) is 9.33. The van der Waals surface area contributed by atoms with Crippen molar-refractivity contribution in [1.29, 1.82) is 0 Å². The highest BCUT2D eigenvalue weighted by atomic mass is 19.1. The molecule has 2 N–H and O–H groups in total. The van der Waals surface area contributed by atoms with Gasteiger partial charge < -0.3 is 19.8 Å². The van der Waals surface area contributed by atoms with Crippen LogP contribution in [-0.2, 0) is 9.59 Å². The first-order valence-corrected chi connectivity index (χ1v) is 16.5. The number of nitrogens with zero attached hydrogens (tertiary/aromatic N) is 4. The third kappa shape index (κ3) is 6.48. The normalized spacial score (nSPS) is 18.5. The van der Waals surface area contributed by atoms with Gasteiger partial charge in [0.1, 0.15) is 23.3 Å². The number of likely N-dealkylation sites (tertiary alicyclic amines) is 2. The molecule has 8 nitrogen and oxygen atoms in total. The van der Waals surface area contributed by atoms with Crippen LogP contribution in [0.5, 0.6) is 0 Å². The van der Waals surface area contributed by atoms with E-state index in [0.29, 0.717) is 71.2 Å². The molecule has 242 valence electrons. The minimum absolute atomic E-state index is 0.120. The number of carbonyl (C=O) groups is 2. The standard InChI is InChI=1S/C36H42F2N6O2/c1-4-8-33(45)43-16-7-10-32(43)36-40-21-30(42-36)26-14-12-24(19-28(26)38)23-11-13-25(27(37)18-23)29-20-39-35(41-29)31-9-5-6-15-44(31)34(46)17-22(2)3/h11-14,18-22,31-32H,4-10,15-17H2,1-3H3,(H,39,41)(H,40,42)/t31-,32-/m0/s1. The molecule has 46 heavy (non-hydrogen) atoms. The molecule has 2 atom stereocenters. The van der Waals surface area contributed by atoms with Crippen LogP contribution in [0.15, 0.2) is 48.8 Å². The molecule has 2 aromatic heterocycles. The minimum Gasteiger partial charge on any atom is -0.340 e. The number of piperidine rings is 1. The lowest BCUT2D eigenvalue weighted by Gasteiger charge is -2.35. The summed E-state index contributed by atoms with van der Waals surface area (Å²) < 4.78 is 31.0. The molecule has 2 aromatic carbocycles. The van der Waals surface area contributed by atoms with Crippen molar-refractivity contribution in [2.75, 3.05) is 13.1 Å². The Morgan fingerprint density at radius 3 is 1.85 bits per heavy atom. The highest BCUT2D eigenvalue weighted by molar-refractivity contribution is 5.78. The van der Waals surface area contributed by atoms with Crippen LogP contribution in [0.3, 0.4) is 0 Å². The van der Waals surface area contributed by atoms with Crippen LogP contribution in [0.1, 0.15) is 95.9 Å². The fourth-order valence-electron chi connectivity index (χ4n) is 6.80. The van der Waals surface area contributed by atoms with Crippen molar-refractivity contribution >= 4 is 11.8 Å². The van der Waals surface area contributed by atoms with Gasteiger partial charge in [0.05, 0.1) is 35.9 Å². The van der Waals surface area contributed by atoms with Gasteiger partial charge in [-0.05, 0) is 79.8 Å². The van der Waals surface area contributed by atoms with Crippen LogP contribution in [0.2, 0.25) is 0 Å². The highest BCUT2D eigenvalue weighted by Gasteiger charge is 2.32. The molecule has 0 bridgehead atoms. The molecule has 2 aliphatic rings. The number of benzene rings is 2. The molecule has 2 fully saturated rings. The number of aromatic amines is 2. The largest absolute Gasteiger partial charge is 0.340 e. The number of halogens is 2. The van der Waals surface area contributed by atoms with Crippen LogP contribution in [0, 0.1) is 17.6 Å². The lowest BCUT2D eigenvalue weighted by atomic mass is 9.99. The monoisotopic (exact) mass is 628 g/mol. The Hall–Kier alpha value is -4.34. The Bertz CT molecular complexity index is 1710. The van der Waals surface area contributed by atoms with Crippen LogP contribution in [0.4, 0.5) is 8.78 Å². The molecule has 0 unspecified atom stereocenters.